The van der Waals surface area contributed by atoms with E-state index >= 15 is 0 Å². The molecule has 0 bridgehead atoms. The highest BCUT2D eigenvalue weighted by molar-refractivity contribution is 5.69. The van der Waals surface area contributed by atoms with Crippen LogP contribution in [0.2, 0.25) is 0 Å². The molecule has 0 aliphatic rings. The van der Waals surface area contributed by atoms with Gasteiger partial charge in [0.15, 0.2) is 6.20 Å². The summed E-state index contributed by atoms with van der Waals surface area (Å²) in [7, 11) is 0. The highest BCUT2D eigenvalue weighted by Gasteiger charge is 1.91. The van der Waals surface area contributed by atoms with E-state index in [9.17, 15) is 10.0 Å². The third kappa shape index (κ3) is 1.45. The summed E-state index contributed by atoms with van der Waals surface area (Å²) in [6.07, 6.45) is 3.14. The van der Waals surface area contributed by atoms with Gasteiger partial charge in [0.1, 0.15) is 5.69 Å². The molecule has 0 saturated carbocycles. The highest BCUT2D eigenvalue weighted by Crippen LogP contribution is 1.97. The summed E-state index contributed by atoms with van der Waals surface area (Å²) < 4.78 is 0.617. The molecular formula is C6H6N2O2. The molecule has 0 aliphatic heterocycles. The minimum Gasteiger partial charge on any atom is -0.619 e. The van der Waals surface area contributed by atoms with Gasteiger partial charge in [0.05, 0.1) is 0 Å². The van der Waals surface area contributed by atoms with Crippen molar-refractivity contribution >= 4 is 12.1 Å². The SMILES string of the molecule is O=CNc1ccc[n+]([O-])c1. The molecule has 1 amide bonds. The van der Waals surface area contributed by atoms with Gasteiger partial charge in [-0.3, -0.25) is 4.79 Å². The fraction of sp³-hybridized carbons (Fsp3) is 0. The zero-order valence-corrected chi connectivity index (χ0v) is 5.15. The second kappa shape index (κ2) is 2.82. The maximum Gasteiger partial charge on any atom is 0.211 e. The number of amides is 1. The summed E-state index contributed by atoms with van der Waals surface area (Å²) in [6, 6.07) is 3.18. The average Bonchev–Trinajstić information content (AvgIpc) is 1.88. The zero-order valence-electron chi connectivity index (χ0n) is 5.15. The molecule has 0 saturated heterocycles. The van der Waals surface area contributed by atoms with Crippen LogP contribution in [-0.4, -0.2) is 6.41 Å². The first-order valence-corrected chi connectivity index (χ1v) is 2.72. The van der Waals surface area contributed by atoms with E-state index in [1.54, 1.807) is 12.1 Å². The summed E-state index contributed by atoms with van der Waals surface area (Å²) >= 11 is 0. The van der Waals surface area contributed by atoms with Crippen LogP contribution in [0.25, 0.3) is 0 Å². The monoisotopic (exact) mass is 138 g/mol. The predicted octanol–water partition coefficient (Wildman–Crippen LogP) is -0.112. The number of carbonyl (C=O) groups is 1. The molecule has 0 fully saturated rings. The summed E-state index contributed by atoms with van der Waals surface area (Å²) in [4.78, 5) is 9.86. The lowest BCUT2D eigenvalue weighted by molar-refractivity contribution is -0.604. The van der Waals surface area contributed by atoms with Gasteiger partial charge in [-0.2, -0.15) is 4.73 Å². The maximum atomic E-state index is 10.5. The minimum atomic E-state index is 0.493. The van der Waals surface area contributed by atoms with Gasteiger partial charge in [-0.1, -0.05) is 0 Å². The van der Waals surface area contributed by atoms with Crippen LogP contribution >= 0.6 is 0 Å². The van der Waals surface area contributed by atoms with Crippen LogP contribution in [0.1, 0.15) is 0 Å². The van der Waals surface area contributed by atoms with Crippen molar-refractivity contribution in [1.29, 1.82) is 0 Å². The number of anilines is 1. The summed E-state index contributed by atoms with van der Waals surface area (Å²) in [6.45, 7) is 0. The standard InChI is InChI=1S/C6H6N2O2/c9-5-7-6-2-1-3-8(10)4-6/h1-5H,(H,7,9). The Labute approximate surface area is 57.7 Å². The summed E-state index contributed by atoms with van der Waals surface area (Å²) in [5, 5.41) is 12.9. The highest BCUT2D eigenvalue weighted by atomic mass is 16.5. The van der Waals surface area contributed by atoms with E-state index in [1.807, 2.05) is 0 Å². The van der Waals surface area contributed by atoms with Gasteiger partial charge in [-0.15, -0.1) is 0 Å². The minimum absolute atomic E-state index is 0.493. The first-order valence-electron chi connectivity index (χ1n) is 2.72. The zero-order chi connectivity index (χ0) is 7.40. The number of nitrogens with zero attached hydrogens (tertiary/aromatic N) is 1. The lowest BCUT2D eigenvalue weighted by Crippen LogP contribution is -2.24. The van der Waals surface area contributed by atoms with Crippen LogP contribution in [0, 0.1) is 5.21 Å². The summed E-state index contributed by atoms with van der Waals surface area (Å²) in [5.74, 6) is 0. The van der Waals surface area contributed by atoms with Crippen molar-refractivity contribution in [3.63, 3.8) is 0 Å². The van der Waals surface area contributed by atoms with Crippen LogP contribution in [0.15, 0.2) is 24.5 Å². The molecule has 0 aromatic carbocycles. The molecular weight excluding hydrogens is 132 g/mol. The van der Waals surface area contributed by atoms with Gasteiger partial charge in [0, 0.05) is 6.07 Å². The third-order valence-corrected chi connectivity index (χ3v) is 1.00. The van der Waals surface area contributed by atoms with Gasteiger partial charge in [-0.05, 0) is 6.07 Å². The van der Waals surface area contributed by atoms with E-state index < -0.39 is 0 Å². The largest absolute Gasteiger partial charge is 0.619 e. The quantitative estimate of drug-likeness (QED) is 0.352. The lowest BCUT2D eigenvalue weighted by Gasteiger charge is -1.96. The van der Waals surface area contributed by atoms with E-state index in [0.717, 1.165) is 0 Å². The molecule has 1 heterocycles. The lowest BCUT2D eigenvalue weighted by atomic mass is 10.4. The molecule has 0 atom stereocenters. The van der Waals surface area contributed by atoms with Crippen molar-refractivity contribution in [3.8, 4) is 0 Å². The smallest absolute Gasteiger partial charge is 0.211 e. The molecule has 1 aromatic heterocycles. The number of hydrogen-bond acceptors (Lipinski definition) is 2. The number of aromatic nitrogens is 1. The fourth-order valence-electron chi connectivity index (χ4n) is 0.608. The molecule has 1 aromatic rings. The van der Waals surface area contributed by atoms with Gasteiger partial charge >= 0.3 is 0 Å². The van der Waals surface area contributed by atoms with Crippen LogP contribution in [-0.2, 0) is 4.79 Å². The number of rotatable bonds is 2. The first-order chi connectivity index (χ1) is 4.83. The van der Waals surface area contributed by atoms with Crippen molar-refractivity contribution < 1.29 is 9.52 Å². The van der Waals surface area contributed by atoms with E-state index in [1.165, 1.54) is 12.4 Å². The molecule has 0 spiro atoms. The van der Waals surface area contributed by atoms with E-state index in [2.05, 4.69) is 5.32 Å². The number of pyridine rings is 1. The number of nitrogens with one attached hydrogen (secondary N) is 1. The molecule has 0 radical (unpaired) electrons. The molecule has 0 aliphatic carbocycles. The van der Waals surface area contributed by atoms with Crippen LogP contribution in [0.5, 0.6) is 0 Å². The molecule has 4 heteroatoms. The molecule has 1 N–H and O–H groups in total. The number of carbonyl (C=O) groups excluding carboxylic acids is 1. The van der Waals surface area contributed by atoms with E-state index in [0.29, 0.717) is 16.8 Å². The Kier molecular flexibility index (Phi) is 1.84. The Balaban J connectivity index is 2.84. The van der Waals surface area contributed by atoms with E-state index in [-0.39, 0.29) is 0 Å². The summed E-state index contributed by atoms with van der Waals surface area (Å²) in [5.41, 5.74) is 0.493. The topological polar surface area (TPSA) is 56.0 Å². The maximum absolute atomic E-state index is 10.5. The van der Waals surface area contributed by atoms with Crippen molar-refractivity contribution in [1.82, 2.24) is 0 Å². The normalized spacial score (nSPS) is 8.80. The molecule has 10 heavy (non-hydrogen) atoms. The van der Waals surface area contributed by atoms with Crippen LogP contribution < -0.4 is 10.0 Å². The Bertz CT molecular complexity index is 237. The van der Waals surface area contributed by atoms with Gasteiger partial charge in [0.2, 0.25) is 12.6 Å². The predicted molar refractivity (Wildman–Crippen MR) is 35.1 cm³/mol. The average molecular weight is 138 g/mol. The van der Waals surface area contributed by atoms with Crippen molar-refractivity contribution in [3.05, 3.63) is 29.7 Å². The second-order valence-electron chi connectivity index (χ2n) is 1.71. The Morgan fingerprint density at radius 3 is 3.10 bits per heavy atom. The number of hydrogen-bond donors (Lipinski definition) is 1. The second-order valence-corrected chi connectivity index (χ2v) is 1.71. The van der Waals surface area contributed by atoms with Crippen LogP contribution in [0.4, 0.5) is 5.69 Å². The molecule has 0 unspecified atom stereocenters. The van der Waals surface area contributed by atoms with Crippen LogP contribution in [0.3, 0.4) is 0 Å². The van der Waals surface area contributed by atoms with Crippen molar-refractivity contribution in [2.24, 2.45) is 0 Å². The van der Waals surface area contributed by atoms with Crippen molar-refractivity contribution in [2.75, 3.05) is 5.32 Å². The third-order valence-electron chi connectivity index (χ3n) is 1.00. The Morgan fingerprint density at radius 1 is 1.70 bits per heavy atom. The first kappa shape index (κ1) is 6.54. The Hall–Kier alpha value is -1.58. The van der Waals surface area contributed by atoms with Gasteiger partial charge < -0.3 is 10.5 Å². The van der Waals surface area contributed by atoms with Gasteiger partial charge in [0.25, 0.3) is 0 Å². The fourth-order valence-corrected chi connectivity index (χ4v) is 0.608. The molecule has 1 rings (SSSR count). The molecule has 52 valence electrons. The van der Waals surface area contributed by atoms with Crippen molar-refractivity contribution in [2.45, 2.75) is 0 Å². The van der Waals surface area contributed by atoms with Gasteiger partial charge in [-0.25, -0.2) is 0 Å². The van der Waals surface area contributed by atoms with E-state index in [4.69, 9.17) is 0 Å². The molecule has 4 nitrogen and oxygen atoms in total. The Morgan fingerprint density at radius 2 is 2.50 bits per heavy atom.